The highest BCUT2D eigenvalue weighted by molar-refractivity contribution is 6.71. The maximum atomic E-state index is 12.8. The van der Waals surface area contributed by atoms with Crippen molar-refractivity contribution in [2.45, 2.75) is 19.0 Å². The highest BCUT2D eigenvalue weighted by Crippen LogP contribution is 2.05. The largest absolute Gasteiger partial charge is 0.207 e. The molecule has 0 aliphatic rings. The zero-order chi connectivity index (χ0) is 9.14. The van der Waals surface area contributed by atoms with Crippen LogP contribution < -0.4 is 5.19 Å². The quantitative estimate of drug-likeness (QED) is 0.510. The second kappa shape index (κ2) is 4.05. The summed E-state index contributed by atoms with van der Waals surface area (Å²) in [6.07, 6.45) is 0. The molecular weight excluding hydrogens is 191 g/mol. The van der Waals surface area contributed by atoms with Gasteiger partial charge in [0.05, 0.1) is 8.80 Å². The Morgan fingerprint density at radius 3 is 2.58 bits per heavy atom. The lowest BCUT2D eigenvalue weighted by Crippen LogP contribution is -2.26. The van der Waals surface area contributed by atoms with E-state index in [0.29, 0.717) is 5.88 Å². The van der Waals surface area contributed by atoms with Gasteiger partial charge in [-0.2, -0.15) is 0 Å². The maximum Gasteiger partial charge on any atom is 0.123 e. The molecule has 65 valence electrons. The molecule has 1 aromatic rings. The fourth-order valence-electron chi connectivity index (χ4n) is 1.16. The molecule has 0 fully saturated rings. The van der Waals surface area contributed by atoms with Gasteiger partial charge in [-0.25, -0.2) is 4.39 Å². The number of hydrogen-bond acceptors (Lipinski definition) is 0. The molecule has 0 N–H and O–H groups in total. The number of halogens is 2. The van der Waals surface area contributed by atoms with Crippen molar-refractivity contribution in [3.05, 3.63) is 29.6 Å². The minimum absolute atomic E-state index is 0.197. The lowest BCUT2D eigenvalue weighted by molar-refractivity contribution is 0.627. The molecule has 3 heteroatoms. The van der Waals surface area contributed by atoms with Crippen LogP contribution in [0.4, 0.5) is 4.39 Å². The summed E-state index contributed by atoms with van der Waals surface area (Å²) in [5, 5.41) is 1.23. The van der Waals surface area contributed by atoms with Gasteiger partial charge in [-0.05, 0) is 17.7 Å². The Hall–Kier alpha value is -0.343. The molecule has 0 saturated carbocycles. The van der Waals surface area contributed by atoms with Gasteiger partial charge in [0.25, 0.3) is 0 Å². The van der Waals surface area contributed by atoms with E-state index in [4.69, 9.17) is 11.6 Å². The van der Waals surface area contributed by atoms with Crippen LogP contribution in [-0.4, -0.2) is 8.80 Å². The van der Waals surface area contributed by atoms with E-state index >= 15 is 0 Å². The first-order valence-electron chi connectivity index (χ1n) is 3.80. The third-order valence-electron chi connectivity index (χ3n) is 1.75. The van der Waals surface area contributed by atoms with E-state index in [-0.39, 0.29) is 5.82 Å². The first kappa shape index (κ1) is 9.74. The third-order valence-corrected chi connectivity index (χ3v) is 3.60. The topological polar surface area (TPSA) is 0 Å². The zero-order valence-electron chi connectivity index (χ0n) is 7.20. The molecule has 1 rings (SSSR count). The average molecular weight is 202 g/mol. The second-order valence-electron chi connectivity index (χ2n) is 2.94. The van der Waals surface area contributed by atoms with Gasteiger partial charge < -0.3 is 0 Å². The molecule has 12 heavy (non-hydrogen) atoms. The Labute approximate surface area is 79.0 Å². The SMILES string of the molecule is C[Si](C)c1ccc(F)cc1CCl. The van der Waals surface area contributed by atoms with Crippen LogP contribution in [0.15, 0.2) is 18.2 Å². The van der Waals surface area contributed by atoms with Crippen molar-refractivity contribution in [2.24, 2.45) is 0 Å². The van der Waals surface area contributed by atoms with Gasteiger partial charge in [0.1, 0.15) is 5.82 Å². The average Bonchev–Trinajstić information content (AvgIpc) is 2.03. The first-order valence-corrected chi connectivity index (χ1v) is 6.83. The highest BCUT2D eigenvalue weighted by atomic mass is 35.5. The van der Waals surface area contributed by atoms with E-state index in [1.54, 1.807) is 0 Å². The van der Waals surface area contributed by atoms with Crippen LogP contribution >= 0.6 is 11.6 Å². The summed E-state index contributed by atoms with van der Waals surface area (Å²) in [7, 11) is -0.522. The van der Waals surface area contributed by atoms with Gasteiger partial charge >= 0.3 is 0 Å². The Kier molecular flexibility index (Phi) is 3.29. The van der Waals surface area contributed by atoms with Crippen molar-refractivity contribution < 1.29 is 4.39 Å². The number of benzene rings is 1. The fourth-order valence-corrected chi connectivity index (χ4v) is 2.71. The number of rotatable bonds is 2. The Balaban J connectivity index is 3.11. The summed E-state index contributed by atoms with van der Waals surface area (Å²) in [6, 6.07) is 4.88. The predicted molar refractivity (Wildman–Crippen MR) is 53.1 cm³/mol. The molecule has 0 bridgehead atoms. The zero-order valence-corrected chi connectivity index (χ0v) is 8.95. The Morgan fingerprint density at radius 1 is 1.42 bits per heavy atom. The summed E-state index contributed by atoms with van der Waals surface area (Å²) in [5.74, 6) is 0.209. The molecule has 0 atom stereocenters. The molecule has 0 aliphatic heterocycles. The van der Waals surface area contributed by atoms with Crippen molar-refractivity contribution in [2.75, 3.05) is 0 Å². The maximum absolute atomic E-state index is 12.8. The fraction of sp³-hybridized carbons (Fsp3) is 0.333. The molecule has 1 radical (unpaired) electrons. The molecule has 0 saturated heterocycles. The standard InChI is InChI=1S/C9H11ClFSi/c1-12(2)9-4-3-8(11)5-7(9)6-10/h3-5H,6H2,1-2H3. The third kappa shape index (κ3) is 2.08. The monoisotopic (exact) mass is 201 g/mol. The van der Waals surface area contributed by atoms with Crippen molar-refractivity contribution in [3.63, 3.8) is 0 Å². The van der Waals surface area contributed by atoms with Gasteiger partial charge in [-0.3, -0.25) is 0 Å². The number of alkyl halides is 1. The van der Waals surface area contributed by atoms with Crippen LogP contribution in [0.2, 0.25) is 13.1 Å². The van der Waals surface area contributed by atoms with Crippen LogP contribution in [0.1, 0.15) is 5.56 Å². The molecule has 0 nitrogen and oxygen atoms in total. The molecule has 0 amide bonds. The lowest BCUT2D eigenvalue weighted by Gasteiger charge is -2.08. The van der Waals surface area contributed by atoms with E-state index in [0.717, 1.165) is 5.56 Å². The van der Waals surface area contributed by atoms with Crippen LogP contribution in [-0.2, 0) is 5.88 Å². The summed E-state index contributed by atoms with van der Waals surface area (Å²) in [4.78, 5) is 0. The molecule has 0 aromatic heterocycles. The minimum atomic E-state index is -0.522. The van der Waals surface area contributed by atoms with Gasteiger partial charge in [0.2, 0.25) is 0 Å². The van der Waals surface area contributed by atoms with Crippen molar-refractivity contribution in [1.29, 1.82) is 0 Å². The highest BCUT2D eigenvalue weighted by Gasteiger charge is 2.07. The van der Waals surface area contributed by atoms with Gasteiger partial charge in [0.15, 0.2) is 0 Å². The summed E-state index contributed by atoms with van der Waals surface area (Å²) in [5.41, 5.74) is 0.940. The van der Waals surface area contributed by atoms with Crippen LogP contribution in [0, 0.1) is 5.82 Å². The first-order chi connectivity index (χ1) is 5.65. The van der Waals surface area contributed by atoms with Crippen molar-refractivity contribution >= 4 is 25.6 Å². The molecule has 0 heterocycles. The lowest BCUT2D eigenvalue weighted by atomic mass is 10.2. The normalized spacial score (nSPS) is 10.8. The molecule has 0 spiro atoms. The van der Waals surface area contributed by atoms with Crippen LogP contribution in [0.5, 0.6) is 0 Å². The molecular formula is C9H11ClFSi. The van der Waals surface area contributed by atoms with Crippen LogP contribution in [0.3, 0.4) is 0 Å². The predicted octanol–water partition coefficient (Wildman–Crippen LogP) is 2.53. The summed E-state index contributed by atoms with van der Waals surface area (Å²) >= 11 is 5.70. The van der Waals surface area contributed by atoms with E-state index in [9.17, 15) is 4.39 Å². The van der Waals surface area contributed by atoms with Crippen LogP contribution in [0.25, 0.3) is 0 Å². The number of hydrogen-bond donors (Lipinski definition) is 0. The molecule has 1 aromatic carbocycles. The van der Waals surface area contributed by atoms with Gasteiger partial charge in [-0.15, -0.1) is 11.6 Å². The van der Waals surface area contributed by atoms with E-state index < -0.39 is 8.80 Å². The Bertz CT molecular complexity index is 273. The van der Waals surface area contributed by atoms with E-state index in [1.807, 2.05) is 6.07 Å². The smallest absolute Gasteiger partial charge is 0.123 e. The van der Waals surface area contributed by atoms with Crippen molar-refractivity contribution in [3.8, 4) is 0 Å². The van der Waals surface area contributed by atoms with Gasteiger partial charge in [-0.1, -0.05) is 24.3 Å². The summed E-state index contributed by atoms with van der Waals surface area (Å²) < 4.78 is 12.8. The Morgan fingerprint density at radius 2 is 2.08 bits per heavy atom. The minimum Gasteiger partial charge on any atom is -0.207 e. The molecule has 0 unspecified atom stereocenters. The van der Waals surface area contributed by atoms with E-state index in [2.05, 4.69) is 13.1 Å². The summed E-state index contributed by atoms with van der Waals surface area (Å²) in [6.45, 7) is 4.35. The van der Waals surface area contributed by atoms with Gasteiger partial charge in [0, 0.05) is 5.88 Å². The molecule has 0 aliphatic carbocycles. The van der Waals surface area contributed by atoms with Crippen molar-refractivity contribution in [1.82, 2.24) is 0 Å². The van der Waals surface area contributed by atoms with E-state index in [1.165, 1.54) is 17.3 Å². The second-order valence-corrected chi connectivity index (χ2v) is 5.74.